The van der Waals surface area contributed by atoms with Crippen LogP contribution in [0.15, 0.2) is 53.0 Å². The molecule has 0 bridgehead atoms. The van der Waals surface area contributed by atoms with Crippen LogP contribution >= 0.6 is 15.9 Å². The molecule has 6 heteroatoms. The number of carbonyl (C=O) groups is 2. The lowest BCUT2D eigenvalue weighted by Crippen LogP contribution is -2.44. The van der Waals surface area contributed by atoms with Crippen LogP contribution in [0.5, 0.6) is 0 Å². The molecule has 0 saturated heterocycles. The van der Waals surface area contributed by atoms with Gasteiger partial charge in [-0.3, -0.25) is 9.59 Å². The molecule has 1 saturated carbocycles. The molecule has 0 unspecified atom stereocenters. The molecule has 1 aliphatic rings. The highest BCUT2D eigenvalue weighted by Crippen LogP contribution is 2.28. The second-order valence-corrected chi connectivity index (χ2v) is 10.4. The van der Waals surface area contributed by atoms with E-state index in [-0.39, 0.29) is 23.1 Å². The van der Waals surface area contributed by atoms with E-state index >= 15 is 0 Å². The molecule has 2 aromatic rings. The zero-order valence-electron chi connectivity index (χ0n) is 19.1. The van der Waals surface area contributed by atoms with Crippen molar-refractivity contribution in [2.45, 2.75) is 52.5 Å². The summed E-state index contributed by atoms with van der Waals surface area (Å²) in [5, 5.41) is 2.97. The van der Waals surface area contributed by atoms with E-state index in [1.807, 2.05) is 47.4 Å². The van der Waals surface area contributed by atoms with E-state index in [0.717, 1.165) is 35.7 Å². The third-order valence-electron chi connectivity index (χ3n) is 6.11. The predicted octanol–water partition coefficient (Wildman–Crippen LogP) is 5.60. The maximum Gasteiger partial charge on any atom is 0.256 e. The number of hydrogen-bond acceptors (Lipinski definition) is 3. The highest BCUT2D eigenvalue weighted by Gasteiger charge is 2.30. The Labute approximate surface area is 199 Å². The summed E-state index contributed by atoms with van der Waals surface area (Å²) in [4.78, 5) is 28.1. The number of nitrogens with zero attached hydrogens (tertiary/aromatic N) is 1. The number of nitrogens with two attached hydrogens (primary N) is 1. The van der Waals surface area contributed by atoms with Gasteiger partial charge in [0.1, 0.15) is 0 Å². The number of halogens is 1. The largest absolute Gasteiger partial charge is 0.338 e. The molecule has 2 amide bonds. The van der Waals surface area contributed by atoms with Gasteiger partial charge in [-0.2, -0.15) is 0 Å². The van der Waals surface area contributed by atoms with Crippen molar-refractivity contribution in [2.24, 2.45) is 17.1 Å². The lowest BCUT2D eigenvalue weighted by atomic mass is 9.86. The van der Waals surface area contributed by atoms with Crippen LogP contribution in [0.4, 0.5) is 5.69 Å². The van der Waals surface area contributed by atoms with Gasteiger partial charge in [0.2, 0.25) is 5.91 Å². The van der Waals surface area contributed by atoms with Gasteiger partial charge < -0.3 is 16.0 Å². The quantitative estimate of drug-likeness (QED) is 0.496. The number of carbonyl (C=O) groups excluding carboxylic acids is 2. The van der Waals surface area contributed by atoms with Crippen molar-refractivity contribution in [2.75, 3.05) is 18.4 Å². The molecule has 5 nitrogen and oxygen atoms in total. The third-order valence-corrected chi connectivity index (χ3v) is 6.81. The number of benzene rings is 2. The van der Waals surface area contributed by atoms with Gasteiger partial charge >= 0.3 is 0 Å². The minimum absolute atomic E-state index is 0.107. The average molecular weight is 500 g/mol. The second-order valence-electron chi connectivity index (χ2n) is 9.53. The summed E-state index contributed by atoms with van der Waals surface area (Å²) < 4.78 is 0.752. The molecule has 3 N–H and O–H groups in total. The van der Waals surface area contributed by atoms with E-state index < -0.39 is 0 Å². The Balaban J connectivity index is 1.76. The first-order valence-corrected chi connectivity index (χ1v) is 12.2. The van der Waals surface area contributed by atoms with E-state index in [4.69, 9.17) is 5.73 Å². The summed E-state index contributed by atoms with van der Waals surface area (Å²) in [5.41, 5.74) is 8.11. The maximum atomic E-state index is 13.4. The van der Waals surface area contributed by atoms with Crippen LogP contribution in [0.3, 0.4) is 0 Å². The fraction of sp³-hybridized carbons (Fsp3) is 0.462. The molecule has 1 aliphatic carbocycles. The van der Waals surface area contributed by atoms with Gasteiger partial charge in [0.25, 0.3) is 5.91 Å². The molecule has 0 aliphatic heterocycles. The monoisotopic (exact) mass is 499 g/mol. The van der Waals surface area contributed by atoms with E-state index in [0.29, 0.717) is 30.9 Å². The third kappa shape index (κ3) is 6.66. The van der Waals surface area contributed by atoms with Crippen molar-refractivity contribution < 1.29 is 9.59 Å². The number of rotatable bonds is 8. The highest BCUT2D eigenvalue weighted by molar-refractivity contribution is 9.10. The molecule has 1 fully saturated rings. The van der Waals surface area contributed by atoms with Crippen LogP contribution < -0.4 is 11.1 Å². The molecule has 0 spiro atoms. The van der Waals surface area contributed by atoms with Crippen molar-refractivity contribution in [1.29, 1.82) is 0 Å². The standard InChI is InChI=1S/C26H34BrN3O2/c1-26(2,17-28)18-30(25(32)20-10-4-3-5-11-20)16-19-9-8-12-21(15-19)29-24(31)22-13-6-7-14-23(22)27/h6-9,12-15,20H,3-5,10-11,16-18,28H2,1-2H3,(H,29,31). The Bertz CT molecular complexity index is 938. The molecule has 0 heterocycles. The van der Waals surface area contributed by atoms with E-state index in [9.17, 15) is 9.59 Å². The maximum absolute atomic E-state index is 13.4. The normalized spacial score (nSPS) is 14.8. The molecule has 3 rings (SSSR count). The van der Waals surface area contributed by atoms with Gasteiger partial charge in [-0.1, -0.05) is 57.4 Å². The van der Waals surface area contributed by atoms with Crippen molar-refractivity contribution in [3.63, 3.8) is 0 Å². The Morgan fingerprint density at radius 3 is 2.50 bits per heavy atom. The van der Waals surface area contributed by atoms with Crippen LogP contribution in [0.1, 0.15) is 61.9 Å². The smallest absolute Gasteiger partial charge is 0.256 e. The predicted molar refractivity (Wildman–Crippen MR) is 133 cm³/mol. The van der Waals surface area contributed by atoms with Crippen molar-refractivity contribution in [3.05, 3.63) is 64.1 Å². The van der Waals surface area contributed by atoms with Crippen molar-refractivity contribution in [1.82, 2.24) is 4.90 Å². The molecule has 2 aromatic carbocycles. The zero-order valence-corrected chi connectivity index (χ0v) is 20.7. The van der Waals surface area contributed by atoms with Crippen LogP contribution in [0.25, 0.3) is 0 Å². The van der Waals surface area contributed by atoms with Gasteiger partial charge in [0.05, 0.1) is 5.56 Å². The minimum Gasteiger partial charge on any atom is -0.338 e. The molecular formula is C26H34BrN3O2. The Hall–Kier alpha value is -2.18. The summed E-state index contributed by atoms with van der Waals surface area (Å²) in [5.74, 6) is 0.165. The first-order chi connectivity index (χ1) is 15.3. The lowest BCUT2D eigenvalue weighted by Gasteiger charge is -2.35. The van der Waals surface area contributed by atoms with Gasteiger partial charge in [-0.25, -0.2) is 0 Å². The molecular weight excluding hydrogens is 466 g/mol. The van der Waals surface area contributed by atoms with Crippen LogP contribution in [0.2, 0.25) is 0 Å². The van der Waals surface area contributed by atoms with Gasteiger partial charge in [0, 0.05) is 29.2 Å². The first-order valence-electron chi connectivity index (χ1n) is 11.4. The van der Waals surface area contributed by atoms with Gasteiger partial charge in [-0.15, -0.1) is 0 Å². The minimum atomic E-state index is -0.172. The molecule has 0 aromatic heterocycles. The van der Waals surface area contributed by atoms with Gasteiger partial charge in [0.15, 0.2) is 0 Å². The molecule has 0 atom stereocenters. The van der Waals surface area contributed by atoms with Crippen LogP contribution in [-0.2, 0) is 11.3 Å². The number of nitrogens with one attached hydrogen (secondary N) is 1. The summed E-state index contributed by atoms with van der Waals surface area (Å²) in [6, 6.07) is 15.1. The fourth-order valence-electron chi connectivity index (χ4n) is 4.21. The van der Waals surface area contributed by atoms with Crippen LogP contribution in [0, 0.1) is 11.3 Å². The summed E-state index contributed by atoms with van der Waals surface area (Å²) >= 11 is 3.43. The molecule has 172 valence electrons. The van der Waals surface area contributed by atoms with E-state index in [2.05, 4.69) is 35.1 Å². The fourth-order valence-corrected chi connectivity index (χ4v) is 4.68. The van der Waals surface area contributed by atoms with Crippen LogP contribution in [-0.4, -0.2) is 29.8 Å². The van der Waals surface area contributed by atoms with Gasteiger partial charge in [-0.05, 0) is 70.6 Å². The summed E-state index contributed by atoms with van der Waals surface area (Å²) in [6.45, 7) is 5.85. The number of anilines is 1. The van der Waals surface area contributed by atoms with E-state index in [1.54, 1.807) is 6.07 Å². The zero-order chi connectivity index (χ0) is 23.1. The molecule has 0 radical (unpaired) electrons. The summed E-state index contributed by atoms with van der Waals surface area (Å²) in [6.07, 6.45) is 5.42. The molecule has 32 heavy (non-hydrogen) atoms. The number of hydrogen-bond donors (Lipinski definition) is 2. The Morgan fingerprint density at radius 1 is 1.09 bits per heavy atom. The SMILES string of the molecule is CC(C)(CN)CN(Cc1cccc(NC(=O)c2ccccc2Br)c1)C(=O)C1CCCCC1. The average Bonchev–Trinajstić information content (AvgIpc) is 2.79. The topological polar surface area (TPSA) is 75.4 Å². The Kier molecular flexibility index (Phi) is 8.49. The first kappa shape index (κ1) is 24.5. The van der Waals surface area contributed by atoms with Crippen molar-refractivity contribution in [3.8, 4) is 0 Å². The van der Waals surface area contributed by atoms with E-state index in [1.165, 1.54) is 6.42 Å². The highest BCUT2D eigenvalue weighted by atomic mass is 79.9. The lowest BCUT2D eigenvalue weighted by molar-refractivity contribution is -0.138. The van der Waals surface area contributed by atoms with Crippen molar-refractivity contribution >= 4 is 33.4 Å². The summed E-state index contributed by atoms with van der Waals surface area (Å²) in [7, 11) is 0. The number of amides is 2. The second kappa shape index (κ2) is 11.1. The Morgan fingerprint density at radius 2 is 1.81 bits per heavy atom.